The van der Waals surface area contributed by atoms with Crippen molar-refractivity contribution in [2.75, 3.05) is 26.1 Å². The van der Waals surface area contributed by atoms with Crippen LogP contribution in [0.1, 0.15) is 97.0 Å². The van der Waals surface area contributed by atoms with Crippen LogP contribution in [0.5, 0.6) is 0 Å². The molecule has 2 saturated heterocycles. The summed E-state index contributed by atoms with van der Waals surface area (Å²) < 4.78 is 23.6. The normalized spacial score (nSPS) is 30.6. The molecule has 310 valence electrons. The molecular weight excluding hydrogens is 762 g/mol. The standard InChI is InChI=1S/C41H58ClN3O10S/c1-23(2)56-39(6,7)16-15-33(47)44(9)26(5)37(49)54-32-20-34(48)45(10)29-19-27(18-28(22-46)35(29)42)17-24(3)13-12-14-31(52-11)41(51)21-30(53-38(50)43-41)25(4)36-40(32,8)55-36/h12-14,18-19,22-23,25-26,30-32,36,51H,15-17,20-21H2,1-11H3,(H,43,50)/b14-12+,24-13+/t25-,26+,30+,31-,32+,36+,40+,41+/m1/s1. The monoisotopic (exact) mass is 819 g/mol. The molecule has 0 radical (unpaired) electrons. The number of hydrogen-bond donors (Lipinski definition) is 2. The summed E-state index contributed by atoms with van der Waals surface area (Å²) in [4.78, 5) is 69.0. The lowest BCUT2D eigenvalue weighted by atomic mass is 9.83. The van der Waals surface area contributed by atoms with Gasteiger partial charge in [0.25, 0.3) is 0 Å². The van der Waals surface area contributed by atoms with E-state index in [0.29, 0.717) is 35.6 Å². The van der Waals surface area contributed by atoms with E-state index in [2.05, 4.69) is 33.0 Å². The van der Waals surface area contributed by atoms with Gasteiger partial charge in [0, 0.05) is 50.3 Å². The molecule has 1 aromatic carbocycles. The number of aliphatic hydroxyl groups is 1. The molecule has 56 heavy (non-hydrogen) atoms. The molecular formula is C41H58ClN3O10S. The van der Waals surface area contributed by atoms with Crippen LogP contribution in [0.3, 0.4) is 0 Å². The first-order chi connectivity index (χ1) is 26.0. The van der Waals surface area contributed by atoms with Gasteiger partial charge in [0.1, 0.15) is 30.0 Å². The molecule has 13 nitrogen and oxygen atoms in total. The molecule has 3 aliphatic heterocycles. The molecule has 0 aliphatic carbocycles. The van der Waals surface area contributed by atoms with Gasteiger partial charge < -0.3 is 33.9 Å². The molecule has 3 amide bonds. The number of fused-ring (bicyclic) bond motifs is 5. The molecule has 2 fully saturated rings. The number of esters is 1. The van der Waals surface area contributed by atoms with Crippen LogP contribution < -0.4 is 10.2 Å². The van der Waals surface area contributed by atoms with Crippen molar-refractivity contribution in [1.82, 2.24) is 10.2 Å². The van der Waals surface area contributed by atoms with Crippen molar-refractivity contribution in [1.29, 1.82) is 0 Å². The highest BCUT2D eigenvalue weighted by Crippen LogP contribution is 2.49. The van der Waals surface area contributed by atoms with Gasteiger partial charge in [-0.25, -0.2) is 9.59 Å². The van der Waals surface area contributed by atoms with Gasteiger partial charge in [-0.05, 0) is 56.6 Å². The van der Waals surface area contributed by atoms with Gasteiger partial charge >= 0.3 is 12.1 Å². The van der Waals surface area contributed by atoms with Crippen LogP contribution in [0.15, 0.2) is 35.9 Å². The number of likely N-dealkylation sites (N-methyl/N-ethyl adjacent to an activating group) is 1. The van der Waals surface area contributed by atoms with E-state index in [9.17, 15) is 29.1 Å². The maximum atomic E-state index is 14.2. The van der Waals surface area contributed by atoms with Crippen LogP contribution in [0.4, 0.5) is 10.5 Å². The number of carbonyl (C=O) groups is 5. The highest BCUT2D eigenvalue weighted by atomic mass is 35.5. The van der Waals surface area contributed by atoms with E-state index in [1.807, 2.05) is 13.0 Å². The molecule has 4 rings (SSSR count). The molecule has 2 N–H and O–H groups in total. The fourth-order valence-electron chi connectivity index (χ4n) is 7.49. The van der Waals surface area contributed by atoms with E-state index >= 15 is 0 Å². The van der Waals surface area contributed by atoms with Crippen molar-refractivity contribution in [3.05, 3.63) is 52.1 Å². The molecule has 1 aromatic rings. The van der Waals surface area contributed by atoms with Gasteiger partial charge in [-0.1, -0.05) is 70.0 Å². The number of ether oxygens (including phenoxy) is 4. The smallest absolute Gasteiger partial charge is 0.409 e. The SMILES string of the molecule is CO[C@@H]1/C=C/C=C(\C)Cc2cc(C=O)c(Cl)c(c2)N(C)C(=O)C[C@H](OC(=O)[C@H](C)N(C)C(=O)CCC(C)(C)SC(C)C)[C@]2(C)O[C@H]2[C@H](C)[C@@H]2C[C@@]1(O)NC(=O)O2. The number of carbonyl (C=O) groups excluding carboxylic acids is 5. The van der Waals surface area contributed by atoms with Crippen molar-refractivity contribution in [2.45, 2.75) is 139 Å². The molecule has 3 heterocycles. The summed E-state index contributed by atoms with van der Waals surface area (Å²) in [5.74, 6) is -1.99. The molecule has 0 aromatic heterocycles. The van der Waals surface area contributed by atoms with E-state index in [1.54, 1.807) is 63.9 Å². The number of anilines is 1. The number of methoxy groups -OCH3 is 1. The van der Waals surface area contributed by atoms with Crippen LogP contribution in [0.25, 0.3) is 0 Å². The third-order valence-electron chi connectivity index (χ3n) is 11.0. The summed E-state index contributed by atoms with van der Waals surface area (Å²) in [6.07, 6.45) is 2.05. The number of aldehydes is 1. The van der Waals surface area contributed by atoms with Gasteiger partial charge in [0.15, 0.2) is 12.0 Å². The number of thioether (sulfide) groups is 1. The predicted octanol–water partition coefficient (Wildman–Crippen LogP) is 6.02. The van der Waals surface area contributed by atoms with Crippen molar-refractivity contribution in [2.24, 2.45) is 5.92 Å². The Labute approximate surface area is 339 Å². The third kappa shape index (κ3) is 10.5. The molecule has 15 heteroatoms. The average Bonchev–Trinajstić information content (AvgIpc) is 3.82. The molecule has 4 bridgehead atoms. The number of epoxide rings is 1. The van der Waals surface area contributed by atoms with Crippen molar-refractivity contribution >= 4 is 59.2 Å². The Bertz CT molecular complexity index is 1730. The van der Waals surface area contributed by atoms with E-state index in [1.165, 1.54) is 24.0 Å². The van der Waals surface area contributed by atoms with E-state index in [0.717, 1.165) is 5.57 Å². The lowest BCUT2D eigenvalue weighted by molar-refractivity contribution is -0.162. The summed E-state index contributed by atoms with van der Waals surface area (Å²) in [6.45, 7) is 15.3. The molecule has 0 spiro atoms. The zero-order chi connectivity index (χ0) is 41.9. The zero-order valence-corrected chi connectivity index (χ0v) is 35.9. The van der Waals surface area contributed by atoms with Gasteiger partial charge in [0.2, 0.25) is 11.8 Å². The first kappa shape index (κ1) is 45.3. The Morgan fingerprint density at radius 2 is 1.93 bits per heavy atom. The number of alkyl carbamates (subject to hydrolysis) is 1. The first-order valence-corrected chi connectivity index (χ1v) is 20.2. The summed E-state index contributed by atoms with van der Waals surface area (Å²) in [5, 5.41) is 14.7. The van der Waals surface area contributed by atoms with Crippen molar-refractivity contribution in [3.8, 4) is 0 Å². The Kier molecular flexibility index (Phi) is 14.6. The Balaban J connectivity index is 1.71. The third-order valence-corrected chi connectivity index (χ3v) is 12.7. The van der Waals surface area contributed by atoms with E-state index in [4.69, 9.17) is 30.5 Å². The number of amides is 3. The minimum Gasteiger partial charge on any atom is -0.457 e. The lowest BCUT2D eigenvalue weighted by Gasteiger charge is -2.42. The van der Waals surface area contributed by atoms with Crippen LogP contribution in [-0.4, -0.2) is 113 Å². The Morgan fingerprint density at radius 3 is 2.55 bits per heavy atom. The highest BCUT2D eigenvalue weighted by molar-refractivity contribution is 8.01. The minimum absolute atomic E-state index is 0.0667. The Morgan fingerprint density at radius 1 is 1.25 bits per heavy atom. The lowest BCUT2D eigenvalue weighted by Crippen LogP contribution is -2.63. The van der Waals surface area contributed by atoms with Crippen LogP contribution in [0, 0.1) is 5.92 Å². The Hall–Kier alpha value is -3.43. The van der Waals surface area contributed by atoms with E-state index < -0.39 is 65.7 Å². The van der Waals surface area contributed by atoms with Crippen molar-refractivity contribution < 1.29 is 48.0 Å². The quantitative estimate of drug-likeness (QED) is 0.161. The maximum absolute atomic E-state index is 14.2. The van der Waals surface area contributed by atoms with E-state index in [-0.39, 0.29) is 40.5 Å². The number of allylic oxidation sites excluding steroid dienone is 3. The van der Waals surface area contributed by atoms with Crippen LogP contribution in [0.2, 0.25) is 5.02 Å². The van der Waals surface area contributed by atoms with Crippen LogP contribution in [-0.2, 0) is 39.8 Å². The number of nitrogens with one attached hydrogen (secondary N) is 1. The molecule has 8 atom stereocenters. The summed E-state index contributed by atoms with van der Waals surface area (Å²) in [5.41, 5.74) is -1.03. The van der Waals surface area contributed by atoms with Gasteiger partial charge in [-0.3, -0.25) is 19.7 Å². The average molecular weight is 820 g/mol. The zero-order valence-electron chi connectivity index (χ0n) is 34.3. The maximum Gasteiger partial charge on any atom is 0.409 e. The highest BCUT2D eigenvalue weighted by Gasteiger charge is 2.64. The van der Waals surface area contributed by atoms with Crippen molar-refractivity contribution in [3.63, 3.8) is 0 Å². The predicted molar refractivity (Wildman–Crippen MR) is 216 cm³/mol. The topological polar surface area (TPSA) is 164 Å². The fourth-order valence-corrected chi connectivity index (χ4v) is 9.27. The van der Waals surface area contributed by atoms with Gasteiger partial charge in [-0.2, -0.15) is 11.8 Å². The van der Waals surface area contributed by atoms with Crippen LogP contribution >= 0.6 is 23.4 Å². The number of benzene rings is 1. The minimum atomic E-state index is -1.85. The number of nitrogens with zero attached hydrogens (tertiary/aromatic N) is 2. The number of halogens is 1. The second-order valence-corrected chi connectivity index (χ2v) is 19.0. The second kappa shape index (κ2) is 18.0. The fraction of sp³-hybridized carbons (Fsp3) is 0.634. The first-order valence-electron chi connectivity index (χ1n) is 19.0. The largest absolute Gasteiger partial charge is 0.457 e. The summed E-state index contributed by atoms with van der Waals surface area (Å²) in [7, 11) is 4.49. The summed E-state index contributed by atoms with van der Waals surface area (Å²) >= 11 is 8.46. The second-order valence-electron chi connectivity index (χ2n) is 16.3. The number of hydrogen-bond acceptors (Lipinski definition) is 11. The summed E-state index contributed by atoms with van der Waals surface area (Å²) in [6, 6.07) is 2.38. The van der Waals surface area contributed by atoms with Gasteiger partial charge in [-0.15, -0.1) is 0 Å². The number of rotatable bonds is 10. The molecule has 3 aliphatic rings. The molecule has 0 unspecified atom stereocenters. The van der Waals surface area contributed by atoms with Gasteiger partial charge in [0.05, 0.1) is 23.2 Å². The molecule has 0 saturated carbocycles.